The molecule has 1 aliphatic heterocycles. The number of ether oxygens (including phenoxy) is 2. The van der Waals surface area contributed by atoms with Crippen LogP contribution in [0.2, 0.25) is 0 Å². The Morgan fingerprint density at radius 1 is 1.09 bits per heavy atom. The van der Waals surface area contributed by atoms with Crippen molar-refractivity contribution >= 4 is 17.4 Å². The second-order valence-corrected chi connectivity index (χ2v) is 8.95. The number of carbonyl (C=O) groups is 2. The van der Waals surface area contributed by atoms with Gasteiger partial charge in [0.25, 0.3) is 5.91 Å². The van der Waals surface area contributed by atoms with Gasteiger partial charge in [-0.1, -0.05) is 36.1 Å². The predicted octanol–water partition coefficient (Wildman–Crippen LogP) is 1.63. The molecular weight excluding hydrogens is 432 g/mol. The Balaban J connectivity index is 2.09. The Morgan fingerprint density at radius 2 is 1.76 bits per heavy atom. The van der Waals surface area contributed by atoms with Gasteiger partial charge in [-0.3, -0.25) is 9.59 Å². The molecule has 34 heavy (non-hydrogen) atoms. The van der Waals surface area contributed by atoms with Gasteiger partial charge in [0.2, 0.25) is 5.78 Å². The van der Waals surface area contributed by atoms with Crippen LogP contribution in [0.4, 0.5) is 0 Å². The van der Waals surface area contributed by atoms with Gasteiger partial charge in [0, 0.05) is 24.1 Å². The molecule has 2 aromatic carbocycles. The van der Waals surface area contributed by atoms with Crippen molar-refractivity contribution in [2.24, 2.45) is 0 Å². The van der Waals surface area contributed by atoms with Crippen LogP contribution in [0.3, 0.4) is 0 Å². The van der Waals surface area contributed by atoms with E-state index in [0.29, 0.717) is 42.2 Å². The van der Waals surface area contributed by atoms with Gasteiger partial charge in [-0.15, -0.1) is 0 Å². The molecule has 0 saturated carbocycles. The van der Waals surface area contributed by atoms with E-state index in [-0.39, 0.29) is 11.7 Å². The normalized spacial score (nSPS) is 17.6. The number of benzene rings is 2. The molecule has 0 spiro atoms. The molecule has 0 bridgehead atoms. The van der Waals surface area contributed by atoms with Crippen molar-refractivity contribution in [2.45, 2.75) is 39.3 Å². The van der Waals surface area contributed by atoms with Gasteiger partial charge < -0.3 is 24.4 Å². The zero-order valence-corrected chi connectivity index (χ0v) is 20.6. The Morgan fingerprint density at radius 3 is 2.38 bits per heavy atom. The fraction of sp³-hybridized carbons (Fsp3) is 0.407. The fourth-order valence-corrected chi connectivity index (χ4v) is 4.13. The highest BCUT2D eigenvalue weighted by Crippen LogP contribution is 2.42. The molecule has 1 amide bonds. The molecular formula is C27H34N2O5. The molecule has 7 heteroatoms. The molecule has 1 unspecified atom stereocenters. The summed E-state index contributed by atoms with van der Waals surface area (Å²) >= 11 is 0. The molecule has 3 rings (SSSR count). The molecule has 0 aliphatic carbocycles. The second-order valence-electron chi connectivity index (χ2n) is 8.95. The van der Waals surface area contributed by atoms with Crippen molar-refractivity contribution in [1.82, 2.24) is 4.90 Å². The summed E-state index contributed by atoms with van der Waals surface area (Å²) in [5.74, 6) is -0.649. The van der Waals surface area contributed by atoms with E-state index in [2.05, 4.69) is 0 Å². The smallest absolute Gasteiger partial charge is 0.295 e. The SMILES string of the molecule is CCOc1ccccc1C1C(=C([O-])c2ccc(OC(C)C)cc2)C(=O)C(=O)N1CCC[NH+](C)C. The summed E-state index contributed by atoms with van der Waals surface area (Å²) in [5, 5.41) is 13.6. The van der Waals surface area contributed by atoms with Crippen LogP contribution in [-0.2, 0) is 9.59 Å². The number of quaternary nitrogens is 1. The number of nitrogens with zero attached hydrogens (tertiary/aromatic N) is 1. The highest BCUT2D eigenvalue weighted by Gasteiger charge is 2.45. The molecule has 2 aromatic rings. The maximum atomic E-state index is 13.6. The largest absolute Gasteiger partial charge is 0.872 e. The Bertz CT molecular complexity index is 1040. The van der Waals surface area contributed by atoms with E-state index < -0.39 is 23.5 Å². The van der Waals surface area contributed by atoms with Crippen molar-refractivity contribution in [1.29, 1.82) is 0 Å². The van der Waals surface area contributed by atoms with Crippen molar-refractivity contribution < 1.29 is 29.1 Å². The highest BCUT2D eigenvalue weighted by molar-refractivity contribution is 6.46. The lowest BCUT2D eigenvalue weighted by Crippen LogP contribution is -3.05. The van der Waals surface area contributed by atoms with Gasteiger partial charge in [-0.25, -0.2) is 0 Å². The average molecular weight is 467 g/mol. The summed E-state index contributed by atoms with van der Waals surface area (Å²) in [5.41, 5.74) is 0.946. The van der Waals surface area contributed by atoms with E-state index in [4.69, 9.17) is 9.47 Å². The first-order chi connectivity index (χ1) is 16.2. The van der Waals surface area contributed by atoms with E-state index in [1.807, 2.05) is 53.1 Å². The lowest BCUT2D eigenvalue weighted by Gasteiger charge is -2.29. The summed E-state index contributed by atoms with van der Waals surface area (Å²) in [7, 11) is 4.07. The summed E-state index contributed by atoms with van der Waals surface area (Å²) in [4.78, 5) is 29.0. The number of para-hydroxylation sites is 1. The molecule has 0 aromatic heterocycles. The minimum atomic E-state index is -0.793. The first-order valence-electron chi connectivity index (χ1n) is 11.8. The van der Waals surface area contributed by atoms with Crippen LogP contribution >= 0.6 is 0 Å². The first kappa shape index (κ1) is 25.3. The molecule has 1 aliphatic rings. The Hall–Kier alpha value is -3.32. The maximum absolute atomic E-state index is 13.6. The number of likely N-dealkylation sites (tertiary alicyclic amines) is 1. The molecule has 1 heterocycles. The number of rotatable bonds is 10. The van der Waals surface area contributed by atoms with Crippen LogP contribution in [0.15, 0.2) is 54.1 Å². The van der Waals surface area contributed by atoms with Gasteiger partial charge in [-0.05, 0) is 44.5 Å². The number of amides is 1. The third kappa shape index (κ3) is 5.59. The Labute approximate surface area is 201 Å². The third-order valence-corrected chi connectivity index (χ3v) is 5.61. The topological polar surface area (TPSA) is 83.3 Å². The number of nitrogens with one attached hydrogen (secondary N) is 1. The predicted molar refractivity (Wildman–Crippen MR) is 128 cm³/mol. The van der Waals surface area contributed by atoms with Crippen LogP contribution in [0.5, 0.6) is 11.5 Å². The number of ketones is 1. The van der Waals surface area contributed by atoms with E-state index >= 15 is 0 Å². The second kappa shape index (κ2) is 11.2. The van der Waals surface area contributed by atoms with Gasteiger partial charge in [0.1, 0.15) is 11.5 Å². The van der Waals surface area contributed by atoms with Crippen LogP contribution in [0.1, 0.15) is 44.4 Å². The molecule has 1 N–H and O–H groups in total. The number of hydrogen-bond acceptors (Lipinski definition) is 5. The van der Waals surface area contributed by atoms with Crippen LogP contribution in [0, 0.1) is 0 Å². The Kier molecular flexibility index (Phi) is 8.34. The fourth-order valence-electron chi connectivity index (χ4n) is 4.13. The molecule has 7 nitrogen and oxygen atoms in total. The zero-order valence-electron chi connectivity index (χ0n) is 20.6. The number of carbonyl (C=O) groups excluding carboxylic acids is 2. The molecule has 182 valence electrons. The number of Topliss-reactive ketones (excluding diaryl/α,β-unsaturated/α-hetero) is 1. The zero-order chi connectivity index (χ0) is 24.8. The van der Waals surface area contributed by atoms with Crippen LogP contribution in [-0.4, -0.2) is 56.5 Å². The van der Waals surface area contributed by atoms with E-state index in [1.54, 1.807) is 30.3 Å². The summed E-state index contributed by atoms with van der Waals surface area (Å²) in [6.45, 7) is 7.35. The van der Waals surface area contributed by atoms with Crippen molar-refractivity contribution in [2.75, 3.05) is 33.8 Å². The van der Waals surface area contributed by atoms with Crippen LogP contribution < -0.4 is 19.5 Å². The lowest BCUT2D eigenvalue weighted by molar-refractivity contribution is -0.858. The molecule has 1 atom stereocenters. The lowest BCUT2D eigenvalue weighted by atomic mass is 9.94. The summed E-state index contributed by atoms with van der Waals surface area (Å²) in [6.07, 6.45) is 0.708. The summed E-state index contributed by atoms with van der Waals surface area (Å²) in [6, 6.07) is 13.2. The molecule has 1 saturated heterocycles. The van der Waals surface area contributed by atoms with Crippen LogP contribution in [0.25, 0.3) is 5.76 Å². The quantitative estimate of drug-likeness (QED) is 0.327. The first-order valence-corrected chi connectivity index (χ1v) is 11.8. The van der Waals surface area contributed by atoms with Gasteiger partial charge in [0.05, 0.1) is 39.4 Å². The van der Waals surface area contributed by atoms with Crippen molar-refractivity contribution in [3.63, 3.8) is 0 Å². The highest BCUT2D eigenvalue weighted by atomic mass is 16.5. The maximum Gasteiger partial charge on any atom is 0.295 e. The molecule has 0 radical (unpaired) electrons. The van der Waals surface area contributed by atoms with Gasteiger partial charge in [0.15, 0.2) is 0 Å². The van der Waals surface area contributed by atoms with Crippen molar-refractivity contribution in [3.8, 4) is 11.5 Å². The van der Waals surface area contributed by atoms with E-state index in [9.17, 15) is 14.7 Å². The minimum Gasteiger partial charge on any atom is -0.872 e. The van der Waals surface area contributed by atoms with Crippen molar-refractivity contribution in [3.05, 3.63) is 65.2 Å². The number of hydrogen-bond donors (Lipinski definition) is 1. The minimum absolute atomic E-state index is 0.00182. The van der Waals surface area contributed by atoms with Gasteiger partial charge >= 0.3 is 0 Å². The third-order valence-electron chi connectivity index (χ3n) is 5.61. The monoisotopic (exact) mass is 466 g/mol. The van der Waals surface area contributed by atoms with Gasteiger partial charge in [-0.2, -0.15) is 0 Å². The van der Waals surface area contributed by atoms with E-state index in [0.717, 1.165) is 6.54 Å². The summed E-state index contributed by atoms with van der Waals surface area (Å²) < 4.78 is 11.5. The average Bonchev–Trinajstić information content (AvgIpc) is 3.04. The molecule has 1 fully saturated rings. The standard InChI is InChI=1S/C27H34N2O5/c1-6-33-22-11-8-7-10-21(22)24-23(26(31)27(32)29(24)17-9-16-28(4)5)25(30)19-12-14-20(15-13-19)34-18(2)3/h7-8,10-15,18,24,30H,6,9,16-17H2,1-5H3. The van der Waals surface area contributed by atoms with E-state index in [1.165, 1.54) is 9.80 Å².